The zero-order valence-electron chi connectivity index (χ0n) is 15.5. The summed E-state index contributed by atoms with van der Waals surface area (Å²) in [5.74, 6) is -1.48. The summed E-state index contributed by atoms with van der Waals surface area (Å²) in [6.45, 7) is 10.6. The summed E-state index contributed by atoms with van der Waals surface area (Å²) in [6, 6.07) is -0.558. The van der Waals surface area contributed by atoms with Gasteiger partial charge in [0.2, 0.25) is 0 Å². The third-order valence-corrected chi connectivity index (χ3v) is 3.59. The number of nitrogens with zero attached hydrogens (tertiary/aromatic N) is 1. The number of nitrogens with two attached hydrogens (primary N) is 1. The lowest BCUT2D eigenvalue weighted by molar-refractivity contribution is -0.171. The van der Waals surface area contributed by atoms with Crippen LogP contribution in [0.4, 0.5) is 0 Å². The van der Waals surface area contributed by atoms with Gasteiger partial charge in [0.15, 0.2) is 12.3 Å². The molecule has 1 aliphatic heterocycles. The van der Waals surface area contributed by atoms with Crippen LogP contribution in [0.25, 0.3) is 0 Å². The maximum atomic E-state index is 12.9. The van der Waals surface area contributed by atoms with Crippen molar-refractivity contribution in [3.63, 3.8) is 0 Å². The fourth-order valence-electron chi connectivity index (χ4n) is 2.35. The second-order valence-corrected chi connectivity index (χ2v) is 8.22. The molecular weight excluding hydrogens is 312 g/mol. The van der Waals surface area contributed by atoms with Crippen molar-refractivity contribution in [3.05, 3.63) is 0 Å². The van der Waals surface area contributed by atoms with Crippen molar-refractivity contribution < 1.29 is 23.9 Å². The first-order chi connectivity index (χ1) is 10.8. The van der Waals surface area contributed by atoms with Crippen molar-refractivity contribution >= 4 is 18.2 Å². The standard InChI is InChI=1S/C17H30N2O5/c1-15(2,3)23-11-17(18,14(22)24-16(4,5)6)13(21)19-9-7-8-12(19)10-20/h10,12H,7-9,11,18H2,1-6H3/q+1/t12-,17-/m0/s1. The molecule has 2 atom stereocenters. The van der Waals surface area contributed by atoms with Gasteiger partial charge < -0.3 is 15.2 Å². The van der Waals surface area contributed by atoms with Crippen LogP contribution in [0.15, 0.2) is 0 Å². The molecule has 1 saturated heterocycles. The fraction of sp³-hybridized carbons (Fsp3) is 0.824. The number of carbonyl (C=O) groups is 3. The van der Waals surface area contributed by atoms with Gasteiger partial charge in [0.1, 0.15) is 12.1 Å². The van der Waals surface area contributed by atoms with Gasteiger partial charge in [0, 0.05) is 12.8 Å². The van der Waals surface area contributed by atoms with Crippen molar-refractivity contribution in [1.29, 1.82) is 0 Å². The number of hydrogen-bond donors (Lipinski definition) is 1. The summed E-state index contributed by atoms with van der Waals surface area (Å²) in [6.07, 6.45) is 1.98. The van der Waals surface area contributed by atoms with E-state index in [2.05, 4.69) is 0 Å². The van der Waals surface area contributed by atoms with Crippen molar-refractivity contribution in [2.75, 3.05) is 13.2 Å². The number of hydrogen-bond acceptors (Lipinski definition) is 6. The number of ether oxygens (including phenoxy) is 2. The summed E-state index contributed by atoms with van der Waals surface area (Å²) in [7, 11) is 0. The average Bonchev–Trinajstić information content (AvgIpc) is 2.89. The minimum absolute atomic E-state index is 0.313. The van der Waals surface area contributed by atoms with Crippen LogP contribution in [0.1, 0.15) is 54.4 Å². The lowest BCUT2D eigenvalue weighted by Gasteiger charge is -2.31. The predicted octanol–water partition coefficient (Wildman–Crippen LogP) is 0.869. The average molecular weight is 342 g/mol. The topological polar surface area (TPSA) is 102 Å². The van der Waals surface area contributed by atoms with Gasteiger partial charge >= 0.3 is 11.9 Å². The van der Waals surface area contributed by atoms with Crippen LogP contribution in [0.3, 0.4) is 0 Å². The minimum Gasteiger partial charge on any atom is -0.458 e. The fourth-order valence-corrected chi connectivity index (χ4v) is 2.35. The second-order valence-electron chi connectivity index (χ2n) is 8.22. The molecule has 1 radical (unpaired) electrons. The van der Waals surface area contributed by atoms with E-state index in [1.807, 2.05) is 0 Å². The number of aldehydes is 1. The Balaban J connectivity index is 3.09. The van der Waals surface area contributed by atoms with E-state index in [0.717, 1.165) is 0 Å². The molecule has 137 valence electrons. The van der Waals surface area contributed by atoms with Crippen LogP contribution in [0, 0.1) is 0 Å². The molecule has 1 aliphatic rings. The first-order valence-electron chi connectivity index (χ1n) is 8.23. The Labute approximate surface area is 143 Å². The quantitative estimate of drug-likeness (QED) is 0.344. The SMILES string of the molecule is CC(C)(C)OC[C@@](N)(C(=O)OC(C)(C)C)C(=O)[N+]1CCC[C@H]1C=O. The van der Waals surface area contributed by atoms with Crippen LogP contribution < -0.4 is 10.6 Å². The van der Waals surface area contributed by atoms with E-state index in [1.165, 1.54) is 4.90 Å². The van der Waals surface area contributed by atoms with Gasteiger partial charge in [-0.2, -0.15) is 0 Å². The molecule has 0 unspecified atom stereocenters. The summed E-state index contributed by atoms with van der Waals surface area (Å²) in [5.41, 5.74) is 2.84. The number of rotatable bonds is 5. The molecule has 7 nitrogen and oxygen atoms in total. The Morgan fingerprint density at radius 3 is 2.21 bits per heavy atom. The lowest BCUT2D eigenvalue weighted by Crippen LogP contribution is -2.67. The normalized spacial score (nSPS) is 22.0. The second kappa shape index (κ2) is 7.29. The Bertz CT molecular complexity index is 492. The first kappa shape index (κ1) is 20.7. The van der Waals surface area contributed by atoms with Crippen LogP contribution in [-0.4, -0.2) is 54.1 Å². The van der Waals surface area contributed by atoms with Crippen LogP contribution in [0.2, 0.25) is 0 Å². The maximum Gasteiger partial charge on any atom is 0.395 e. The molecule has 0 aromatic rings. The summed E-state index contributed by atoms with van der Waals surface area (Å²) < 4.78 is 11.0. The number of amides is 1. The molecule has 7 heteroatoms. The van der Waals surface area contributed by atoms with Crippen molar-refractivity contribution in [1.82, 2.24) is 4.90 Å². The number of likely N-dealkylation sites (tertiary alicyclic amines) is 1. The Morgan fingerprint density at radius 1 is 1.17 bits per heavy atom. The highest BCUT2D eigenvalue weighted by atomic mass is 16.6. The highest BCUT2D eigenvalue weighted by Gasteiger charge is 2.57. The molecular formula is C17H30N2O5+. The molecule has 0 spiro atoms. The highest BCUT2D eigenvalue weighted by molar-refractivity contribution is 6.09. The van der Waals surface area contributed by atoms with Gasteiger partial charge in [-0.25, -0.2) is 9.59 Å². The van der Waals surface area contributed by atoms with Crippen LogP contribution in [-0.2, 0) is 23.9 Å². The lowest BCUT2D eigenvalue weighted by atomic mass is 9.98. The molecule has 0 aromatic heterocycles. The summed E-state index contributed by atoms with van der Waals surface area (Å²) in [4.78, 5) is 38.1. The molecule has 0 aromatic carbocycles. The summed E-state index contributed by atoms with van der Waals surface area (Å²) in [5, 5.41) is 0. The zero-order chi connectivity index (χ0) is 18.8. The maximum absolute atomic E-state index is 12.9. The smallest absolute Gasteiger partial charge is 0.395 e. The highest BCUT2D eigenvalue weighted by Crippen LogP contribution is 2.22. The molecule has 1 heterocycles. The first-order valence-corrected chi connectivity index (χ1v) is 8.23. The van der Waals surface area contributed by atoms with Gasteiger partial charge in [-0.1, -0.05) is 4.90 Å². The molecule has 0 aliphatic carbocycles. The van der Waals surface area contributed by atoms with E-state index < -0.39 is 34.7 Å². The minimum atomic E-state index is -1.98. The molecule has 2 N–H and O–H groups in total. The van der Waals surface area contributed by atoms with E-state index in [4.69, 9.17) is 15.2 Å². The molecule has 1 fully saturated rings. The van der Waals surface area contributed by atoms with E-state index in [1.54, 1.807) is 41.5 Å². The van der Waals surface area contributed by atoms with Crippen LogP contribution in [0.5, 0.6) is 0 Å². The van der Waals surface area contributed by atoms with Gasteiger partial charge in [0.25, 0.3) is 5.54 Å². The largest absolute Gasteiger partial charge is 0.458 e. The van der Waals surface area contributed by atoms with Gasteiger partial charge in [-0.05, 0) is 41.5 Å². The van der Waals surface area contributed by atoms with Crippen molar-refractivity contribution in [2.24, 2.45) is 5.73 Å². The van der Waals surface area contributed by atoms with E-state index in [0.29, 0.717) is 25.7 Å². The van der Waals surface area contributed by atoms with E-state index >= 15 is 0 Å². The van der Waals surface area contributed by atoms with Crippen LogP contribution >= 0.6 is 0 Å². The van der Waals surface area contributed by atoms with Crippen molar-refractivity contribution in [3.8, 4) is 0 Å². The zero-order valence-corrected chi connectivity index (χ0v) is 15.5. The van der Waals surface area contributed by atoms with Crippen molar-refractivity contribution in [2.45, 2.75) is 77.2 Å². The number of carbonyl (C=O) groups excluding carboxylic acids is 3. The molecule has 1 rings (SSSR count). The summed E-state index contributed by atoms with van der Waals surface area (Å²) >= 11 is 0. The predicted molar refractivity (Wildman–Crippen MR) is 89.6 cm³/mol. The third kappa shape index (κ3) is 5.36. The van der Waals surface area contributed by atoms with E-state index in [-0.39, 0.29) is 6.61 Å². The Kier molecular flexibility index (Phi) is 6.30. The van der Waals surface area contributed by atoms with E-state index in [9.17, 15) is 14.4 Å². The Hall–Kier alpha value is -1.31. The van der Waals surface area contributed by atoms with Gasteiger partial charge in [-0.15, -0.1) is 0 Å². The molecule has 24 heavy (non-hydrogen) atoms. The van der Waals surface area contributed by atoms with Gasteiger partial charge in [0.05, 0.1) is 12.2 Å². The molecule has 0 saturated carbocycles. The monoisotopic (exact) mass is 342 g/mol. The molecule has 1 amide bonds. The number of esters is 1. The molecule has 0 bridgehead atoms. The Morgan fingerprint density at radius 2 is 1.75 bits per heavy atom. The van der Waals surface area contributed by atoms with Gasteiger partial charge in [-0.3, -0.25) is 4.79 Å². The third-order valence-electron chi connectivity index (χ3n) is 3.59.